The van der Waals surface area contributed by atoms with Gasteiger partial charge in [0, 0.05) is 18.7 Å². The standard InChI is InChI=1S/C18H23NO4/c1-21-15-8-14(9-16(22-2)17(15)23-3)18(20)19-10-12-6-4-5-7-13(12)11-19/h4-5,8-9,12-13H,6-7,10-11H2,1-3H3. The van der Waals surface area contributed by atoms with Crippen LogP contribution in [0.25, 0.3) is 0 Å². The number of benzene rings is 1. The smallest absolute Gasteiger partial charge is 0.254 e. The van der Waals surface area contributed by atoms with Gasteiger partial charge in [0.1, 0.15) is 0 Å². The van der Waals surface area contributed by atoms with Crippen LogP contribution in [0.3, 0.4) is 0 Å². The fraction of sp³-hybridized carbons (Fsp3) is 0.500. The van der Waals surface area contributed by atoms with Crippen molar-refractivity contribution < 1.29 is 19.0 Å². The maximum absolute atomic E-state index is 12.9. The van der Waals surface area contributed by atoms with Gasteiger partial charge in [-0.1, -0.05) is 12.2 Å². The van der Waals surface area contributed by atoms with Crippen LogP contribution in [0, 0.1) is 11.8 Å². The van der Waals surface area contributed by atoms with E-state index in [9.17, 15) is 4.79 Å². The first-order chi connectivity index (χ1) is 11.2. The lowest BCUT2D eigenvalue weighted by Crippen LogP contribution is -2.29. The Hall–Kier alpha value is -2.17. The van der Waals surface area contributed by atoms with E-state index in [2.05, 4.69) is 12.2 Å². The maximum Gasteiger partial charge on any atom is 0.254 e. The second-order valence-electron chi connectivity index (χ2n) is 6.09. The second kappa shape index (κ2) is 6.52. The van der Waals surface area contributed by atoms with Crippen LogP contribution in [0.2, 0.25) is 0 Å². The van der Waals surface area contributed by atoms with Crippen molar-refractivity contribution in [2.24, 2.45) is 11.8 Å². The number of hydrogen-bond donors (Lipinski definition) is 0. The van der Waals surface area contributed by atoms with Crippen molar-refractivity contribution in [1.29, 1.82) is 0 Å². The molecule has 0 spiro atoms. The first kappa shape index (κ1) is 15.7. The molecule has 0 bridgehead atoms. The Morgan fingerprint density at radius 1 is 0.957 bits per heavy atom. The molecule has 1 saturated heterocycles. The monoisotopic (exact) mass is 317 g/mol. The molecule has 124 valence electrons. The topological polar surface area (TPSA) is 48.0 Å². The van der Waals surface area contributed by atoms with Gasteiger partial charge in [-0.15, -0.1) is 0 Å². The highest BCUT2D eigenvalue weighted by molar-refractivity contribution is 5.96. The van der Waals surface area contributed by atoms with Gasteiger partial charge in [0.15, 0.2) is 11.5 Å². The fourth-order valence-electron chi connectivity index (χ4n) is 3.57. The van der Waals surface area contributed by atoms with E-state index >= 15 is 0 Å². The molecule has 1 amide bonds. The molecular weight excluding hydrogens is 294 g/mol. The van der Waals surface area contributed by atoms with Crippen LogP contribution in [-0.4, -0.2) is 45.2 Å². The molecule has 2 unspecified atom stereocenters. The van der Waals surface area contributed by atoms with E-state index in [1.807, 2.05) is 4.90 Å². The number of amides is 1. The summed E-state index contributed by atoms with van der Waals surface area (Å²) in [6.45, 7) is 1.65. The van der Waals surface area contributed by atoms with E-state index in [1.54, 1.807) is 33.5 Å². The average molecular weight is 317 g/mol. The Morgan fingerprint density at radius 3 is 1.91 bits per heavy atom. The van der Waals surface area contributed by atoms with Crippen LogP contribution >= 0.6 is 0 Å². The fourth-order valence-corrected chi connectivity index (χ4v) is 3.57. The quantitative estimate of drug-likeness (QED) is 0.801. The van der Waals surface area contributed by atoms with Crippen molar-refractivity contribution in [2.45, 2.75) is 12.8 Å². The third-order valence-electron chi connectivity index (χ3n) is 4.82. The Bertz CT molecular complexity index is 584. The lowest BCUT2D eigenvalue weighted by Gasteiger charge is -2.19. The largest absolute Gasteiger partial charge is 0.493 e. The van der Waals surface area contributed by atoms with Crippen LogP contribution in [0.1, 0.15) is 23.2 Å². The van der Waals surface area contributed by atoms with E-state index in [4.69, 9.17) is 14.2 Å². The van der Waals surface area contributed by atoms with Crippen molar-refractivity contribution in [2.75, 3.05) is 34.4 Å². The zero-order valence-corrected chi connectivity index (χ0v) is 13.9. The van der Waals surface area contributed by atoms with Crippen LogP contribution in [0.15, 0.2) is 24.3 Å². The molecule has 1 aliphatic carbocycles. The second-order valence-corrected chi connectivity index (χ2v) is 6.09. The molecule has 0 radical (unpaired) electrons. The summed E-state index contributed by atoms with van der Waals surface area (Å²) >= 11 is 0. The molecule has 1 heterocycles. The summed E-state index contributed by atoms with van der Waals surface area (Å²) in [4.78, 5) is 14.8. The van der Waals surface area contributed by atoms with Crippen molar-refractivity contribution in [3.63, 3.8) is 0 Å². The molecule has 1 aliphatic heterocycles. The molecule has 2 atom stereocenters. The van der Waals surface area contributed by atoms with Gasteiger partial charge in [-0.25, -0.2) is 0 Å². The minimum atomic E-state index is 0.0265. The average Bonchev–Trinajstić information content (AvgIpc) is 3.03. The Labute approximate surface area is 136 Å². The summed E-state index contributed by atoms with van der Waals surface area (Å²) in [6.07, 6.45) is 6.61. The van der Waals surface area contributed by atoms with Gasteiger partial charge >= 0.3 is 0 Å². The van der Waals surface area contributed by atoms with Gasteiger partial charge in [0.25, 0.3) is 5.91 Å². The highest BCUT2D eigenvalue weighted by Gasteiger charge is 2.35. The lowest BCUT2D eigenvalue weighted by atomic mass is 9.86. The number of fused-ring (bicyclic) bond motifs is 1. The van der Waals surface area contributed by atoms with E-state index in [0.717, 1.165) is 25.9 Å². The minimum Gasteiger partial charge on any atom is -0.493 e. The van der Waals surface area contributed by atoms with Crippen molar-refractivity contribution in [1.82, 2.24) is 4.90 Å². The van der Waals surface area contributed by atoms with Crippen molar-refractivity contribution >= 4 is 5.91 Å². The SMILES string of the molecule is COc1cc(C(=O)N2CC3CC=CCC3C2)cc(OC)c1OC. The number of likely N-dealkylation sites (tertiary alicyclic amines) is 1. The van der Waals surface area contributed by atoms with Gasteiger partial charge in [-0.05, 0) is 36.8 Å². The van der Waals surface area contributed by atoms with Crippen molar-refractivity contribution in [3.05, 3.63) is 29.8 Å². The Morgan fingerprint density at radius 2 is 1.48 bits per heavy atom. The summed E-state index contributed by atoms with van der Waals surface area (Å²) in [5.41, 5.74) is 0.575. The molecular formula is C18H23NO4. The number of rotatable bonds is 4. The normalized spacial score (nSPS) is 22.7. The summed E-state index contributed by atoms with van der Waals surface area (Å²) in [5, 5.41) is 0. The first-order valence-corrected chi connectivity index (χ1v) is 7.92. The molecule has 1 aromatic carbocycles. The minimum absolute atomic E-state index is 0.0265. The molecule has 2 aliphatic rings. The molecule has 5 heteroatoms. The number of allylic oxidation sites excluding steroid dienone is 2. The maximum atomic E-state index is 12.9. The number of carbonyl (C=O) groups excluding carboxylic acids is 1. The lowest BCUT2D eigenvalue weighted by molar-refractivity contribution is 0.0783. The molecule has 0 aromatic heterocycles. The van der Waals surface area contributed by atoms with Crippen LogP contribution < -0.4 is 14.2 Å². The highest BCUT2D eigenvalue weighted by atomic mass is 16.5. The van der Waals surface area contributed by atoms with Gasteiger partial charge in [0.2, 0.25) is 5.75 Å². The van der Waals surface area contributed by atoms with E-state index in [-0.39, 0.29) is 5.91 Å². The number of nitrogens with zero attached hydrogens (tertiary/aromatic N) is 1. The third-order valence-corrected chi connectivity index (χ3v) is 4.82. The predicted octanol–water partition coefficient (Wildman–Crippen LogP) is 2.75. The molecule has 23 heavy (non-hydrogen) atoms. The van der Waals surface area contributed by atoms with E-state index in [0.29, 0.717) is 34.6 Å². The molecule has 5 nitrogen and oxygen atoms in total. The van der Waals surface area contributed by atoms with Gasteiger partial charge in [-0.3, -0.25) is 4.79 Å². The Kier molecular flexibility index (Phi) is 4.46. The van der Waals surface area contributed by atoms with E-state index < -0.39 is 0 Å². The number of ether oxygens (including phenoxy) is 3. The van der Waals surface area contributed by atoms with Crippen LogP contribution in [-0.2, 0) is 0 Å². The summed E-state index contributed by atoms with van der Waals surface area (Å²) in [5.74, 6) is 2.73. The predicted molar refractivity (Wildman–Crippen MR) is 87.4 cm³/mol. The summed E-state index contributed by atoms with van der Waals surface area (Å²) in [7, 11) is 4.67. The molecule has 1 fully saturated rings. The Balaban J connectivity index is 1.85. The van der Waals surface area contributed by atoms with Gasteiger partial charge in [-0.2, -0.15) is 0 Å². The highest BCUT2D eigenvalue weighted by Crippen LogP contribution is 2.39. The van der Waals surface area contributed by atoms with Crippen molar-refractivity contribution in [3.8, 4) is 17.2 Å². The molecule has 1 aromatic rings. The number of carbonyl (C=O) groups is 1. The summed E-state index contributed by atoms with van der Waals surface area (Å²) in [6, 6.07) is 3.45. The number of methoxy groups -OCH3 is 3. The molecule has 3 rings (SSSR count). The van der Waals surface area contributed by atoms with Crippen LogP contribution in [0.5, 0.6) is 17.2 Å². The first-order valence-electron chi connectivity index (χ1n) is 7.92. The zero-order valence-electron chi connectivity index (χ0n) is 13.9. The van der Waals surface area contributed by atoms with Gasteiger partial charge < -0.3 is 19.1 Å². The van der Waals surface area contributed by atoms with E-state index in [1.165, 1.54) is 0 Å². The number of hydrogen-bond acceptors (Lipinski definition) is 4. The van der Waals surface area contributed by atoms with Crippen LogP contribution in [0.4, 0.5) is 0 Å². The summed E-state index contributed by atoms with van der Waals surface area (Å²) < 4.78 is 16.0. The molecule has 0 saturated carbocycles. The zero-order chi connectivity index (χ0) is 16.4. The third kappa shape index (κ3) is 2.87. The van der Waals surface area contributed by atoms with Gasteiger partial charge in [0.05, 0.1) is 21.3 Å². The molecule has 0 N–H and O–H groups in total.